The molecule has 3 atom stereocenters. The van der Waals surface area contributed by atoms with Gasteiger partial charge >= 0.3 is 0 Å². The molecule has 1 amide bonds. The summed E-state index contributed by atoms with van der Waals surface area (Å²) in [6.45, 7) is 2.34. The second-order valence-corrected chi connectivity index (χ2v) is 8.25. The summed E-state index contributed by atoms with van der Waals surface area (Å²) in [5.74, 6) is 1.33. The lowest BCUT2D eigenvalue weighted by Gasteiger charge is -2.29. The van der Waals surface area contributed by atoms with Crippen molar-refractivity contribution in [2.45, 2.75) is 57.3 Å². The zero-order valence-corrected chi connectivity index (χ0v) is 16.6. The zero-order chi connectivity index (χ0) is 19.8. The number of aryl methyl sites for hydroxylation is 1. The second-order valence-electron chi connectivity index (χ2n) is 8.25. The first kappa shape index (κ1) is 18.3. The van der Waals surface area contributed by atoms with Crippen LogP contribution in [0.15, 0.2) is 52.9 Å². The molecule has 0 saturated carbocycles. The average Bonchev–Trinajstić information content (AvgIpc) is 3.24. The Morgan fingerprint density at radius 3 is 2.66 bits per heavy atom. The van der Waals surface area contributed by atoms with E-state index in [2.05, 4.69) is 10.6 Å². The Bertz CT molecular complexity index is 1020. The summed E-state index contributed by atoms with van der Waals surface area (Å²) in [6.07, 6.45) is 4.44. The van der Waals surface area contributed by atoms with Gasteiger partial charge in [-0.1, -0.05) is 30.3 Å². The third-order valence-corrected chi connectivity index (χ3v) is 6.12. The molecule has 0 spiro atoms. The fraction of sp³-hybridized carbons (Fsp3) is 0.375. The highest BCUT2D eigenvalue weighted by molar-refractivity contribution is 6.07. The topological polar surface area (TPSA) is 63.5 Å². The van der Waals surface area contributed by atoms with Crippen LogP contribution < -0.4 is 15.4 Å². The van der Waals surface area contributed by atoms with E-state index >= 15 is 0 Å². The molecular weight excluding hydrogens is 364 g/mol. The summed E-state index contributed by atoms with van der Waals surface area (Å²) in [6, 6.07) is 17.0. The molecule has 5 heteroatoms. The Morgan fingerprint density at radius 2 is 1.90 bits per heavy atom. The standard InChI is InChI=1S/C24H26N2O3/c1-15-23(24(27)26-19-11-17-7-8-18(12-19)25-17)21-13-20(9-10-22(21)29-15)28-14-16-5-3-2-4-6-16/h2-6,9-10,13,17-19,25H,7-8,11-12,14H2,1H3,(H,26,27)/t17-,18+,19?. The van der Waals surface area contributed by atoms with Gasteiger partial charge in [0.15, 0.2) is 0 Å². The van der Waals surface area contributed by atoms with E-state index in [1.54, 1.807) is 0 Å². The number of ether oxygens (including phenoxy) is 1. The average molecular weight is 390 g/mol. The third-order valence-electron chi connectivity index (χ3n) is 6.12. The van der Waals surface area contributed by atoms with Gasteiger partial charge in [0.05, 0.1) is 5.56 Å². The number of hydrogen-bond donors (Lipinski definition) is 2. The number of nitrogens with one attached hydrogen (secondary N) is 2. The van der Waals surface area contributed by atoms with E-state index in [1.165, 1.54) is 12.8 Å². The van der Waals surface area contributed by atoms with Crippen LogP contribution in [0.2, 0.25) is 0 Å². The number of piperidine rings is 1. The Balaban J connectivity index is 1.35. The van der Waals surface area contributed by atoms with Crippen molar-refractivity contribution in [3.05, 3.63) is 65.4 Å². The second kappa shape index (κ2) is 7.56. The van der Waals surface area contributed by atoms with E-state index in [4.69, 9.17) is 9.15 Å². The van der Waals surface area contributed by atoms with Crippen LogP contribution in [0.4, 0.5) is 0 Å². The minimum absolute atomic E-state index is 0.0484. The predicted octanol–water partition coefficient (Wildman–Crippen LogP) is 4.33. The maximum absolute atomic E-state index is 13.1. The van der Waals surface area contributed by atoms with E-state index in [0.29, 0.717) is 35.6 Å². The van der Waals surface area contributed by atoms with E-state index in [-0.39, 0.29) is 11.9 Å². The van der Waals surface area contributed by atoms with Gasteiger partial charge in [-0.05, 0) is 56.4 Å². The molecule has 2 aliphatic heterocycles. The lowest BCUT2D eigenvalue weighted by atomic mass is 9.99. The first-order valence-corrected chi connectivity index (χ1v) is 10.4. The normalized spacial score (nSPS) is 23.3. The fourth-order valence-corrected chi connectivity index (χ4v) is 4.74. The molecule has 2 saturated heterocycles. The molecule has 0 aliphatic carbocycles. The number of hydrogen-bond acceptors (Lipinski definition) is 4. The van der Waals surface area contributed by atoms with Crippen LogP contribution in [-0.2, 0) is 6.61 Å². The fourth-order valence-electron chi connectivity index (χ4n) is 4.74. The number of furan rings is 1. The predicted molar refractivity (Wildman–Crippen MR) is 112 cm³/mol. The number of carbonyl (C=O) groups is 1. The SMILES string of the molecule is Cc1oc2ccc(OCc3ccccc3)cc2c1C(=O)NC1C[C@H]2CC[C@@H](C1)N2. The van der Waals surface area contributed by atoms with Crippen LogP contribution in [0, 0.1) is 6.92 Å². The van der Waals surface area contributed by atoms with Crippen molar-refractivity contribution in [2.75, 3.05) is 0 Å². The number of benzene rings is 2. The van der Waals surface area contributed by atoms with Crippen LogP contribution in [0.1, 0.15) is 47.4 Å². The largest absolute Gasteiger partial charge is 0.489 e. The van der Waals surface area contributed by atoms with E-state index in [1.807, 2.05) is 55.5 Å². The summed E-state index contributed by atoms with van der Waals surface area (Å²) < 4.78 is 11.8. The summed E-state index contributed by atoms with van der Waals surface area (Å²) in [5.41, 5.74) is 2.44. The molecule has 2 bridgehead atoms. The number of carbonyl (C=O) groups excluding carboxylic acids is 1. The van der Waals surface area contributed by atoms with Crippen molar-refractivity contribution in [3.63, 3.8) is 0 Å². The molecule has 2 fully saturated rings. The lowest BCUT2D eigenvalue weighted by Crippen LogP contribution is -2.48. The Labute approximate surface area is 170 Å². The molecule has 2 N–H and O–H groups in total. The first-order valence-electron chi connectivity index (χ1n) is 10.4. The molecule has 2 aliphatic rings. The van der Waals surface area contributed by atoms with Gasteiger partial charge in [-0.15, -0.1) is 0 Å². The number of rotatable bonds is 5. The molecule has 1 aromatic heterocycles. The number of fused-ring (bicyclic) bond motifs is 3. The van der Waals surface area contributed by atoms with Gasteiger partial charge in [-0.2, -0.15) is 0 Å². The number of amides is 1. The van der Waals surface area contributed by atoms with Crippen molar-refractivity contribution in [3.8, 4) is 5.75 Å². The summed E-state index contributed by atoms with van der Waals surface area (Å²) >= 11 is 0. The first-order chi connectivity index (χ1) is 14.2. The molecule has 150 valence electrons. The lowest BCUT2D eigenvalue weighted by molar-refractivity contribution is 0.0924. The molecule has 3 heterocycles. The molecule has 29 heavy (non-hydrogen) atoms. The molecule has 0 radical (unpaired) electrons. The van der Waals surface area contributed by atoms with Crippen LogP contribution in [-0.4, -0.2) is 24.0 Å². The van der Waals surface area contributed by atoms with Crippen LogP contribution in [0.3, 0.4) is 0 Å². The Morgan fingerprint density at radius 1 is 1.14 bits per heavy atom. The van der Waals surface area contributed by atoms with Crippen LogP contribution >= 0.6 is 0 Å². The molecule has 1 unspecified atom stereocenters. The highest BCUT2D eigenvalue weighted by atomic mass is 16.5. The van der Waals surface area contributed by atoms with Crippen LogP contribution in [0.5, 0.6) is 5.75 Å². The van der Waals surface area contributed by atoms with Crippen molar-refractivity contribution in [1.29, 1.82) is 0 Å². The Hall–Kier alpha value is -2.79. The van der Waals surface area contributed by atoms with Gasteiger partial charge in [0.25, 0.3) is 5.91 Å². The molecule has 5 rings (SSSR count). The Kier molecular flexibility index (Phi) is 4.76. The van der Waals surface area contributed by atoms with Gasteiger partial charge < -0.3 is 19.8 Å². The van der Waals surface area contributed by atoms with E-state index in [0.717, 1.165) is 29.5 Å². The van der Waals surface area contributed by atoms with Crippen molar-refractivity contribution in [2.24, 2.45) is 0 Å². The minimum Gasteiger partial charge on any atom is -0.489 e. The van der Waals surface area contributed by atoms with E-state index < -0.39 is 0 Å². The molecule has 2 aromatic carbocycles. The molecular formula is C24H26N2O3. The van der Waals surface area contributed by atoms with Gasteiger partial charge in [-0.25, -0.2) is 0 Å². The minimum atomic E-state index is -0.0484. The highest BCUT2D eigenvalue weighted by Gasteiger charge is 2.34. The van der Waals surface area contributed by atoms with Crippen LogP contribution in [0.25, 0.3) is 11.0 Å². The quantitative estimate of drug-likeness (QED) is 0.681. The monoisotopic (exact) mass is 390 g/mol. The zero-order valence-electron chi connectivity index (χ0n) is 16.6. The van der Waals surface area contributed by atoms with Crippen molar-refractivity contribution < 1.29 is 13.9 Å². The third kappa shape index (κ3) is 3.75. The summed E-state index contributed by atoms with van der Waals surface area (Å²) in [7, 11) is 0. The summed E-state index contributed by atoms with van der Waals surface area (Å²) in [4.78, 5) is 13.1. The van der Waals surface area contributed by atoms with Gasteiger partial charge in [0.1, 0.15) is 23.7 Å². The molecule has 5 nitrogen and oxygen atoms in total. The highest BCUT2D eigenvalue weighted by Crippen LogP contribution is 2.31. The van der Waals surface area contributed by atoms with Gasteiger partial charge in [0.2, 0.25) is 0 Å². The van der Waals surface area contributed by atoms with Gasteiger partial charge in [-0.3, -0.25) is 4.79 Å². The maximum atomic E-state index is 13.1. The maximum Gasteiger partial charge on any atom is 0.255 e. The molecule has 3 aromatic rings. The van der Waals surface area contributed by atoms with Crippen molar-refractivity contribution in [1.82, 2.24) is 10.6 Å². The smallest absolute Gasteiger partial charge is 0.255 e. The van der Waals surface area contributed by atoms with Gasteiger partial charge in [0, 0.05) is 23.5 Å². The summed E-state index contributed by atoms with van der Waals surface area (Å²) in [5, 5.41) is 7.68. The van der Waals surface area contributed by atoms with Crippen molar-refractivity contribution >= 4 is 16.9 Å². The van der Waals surface area contributed by atoms with E-state index in [9.17, 15) is 4.79 Å².